The second-order valence-electron chi connectivity index (χ2n) is 3.81. The van der Waals surface area contributed by atoms with Crippen molar-refractivity contribution in [2.24, 2.45) is 0 Å². The molecular weight excluding hydrogens is 155 g/mol. The Labute approximate surface area is 71.8 Å². The van der Waals surface area contributed by atoms with Crippen LogP contribution in [0.25, 0.3) is 0 Å². The van der Waals surface area contributed by atoms with Crippen molar-refractivity contribution in [3.05, 3.63) is 11.9 Å². The molecule has 0 aliphatic rings. The molecular formula is C7H13BN2O2. The first-order valence-corrected chi connectivity index (χ1v) is 3.83. The third-order valence-electron chi connectivity index (χ3n) is 1.66. The highest BCUT2D eigenvalue weighted by atomic mass is 16.4. The van der Waals surface area contributed by atoms with Crippen LogP contribution in [0.5, 0.6) is 0 Å². The van der Waals surface area contributed by atoms with E-state index in [0.717, 1.165) is 0 Å². The average Bonchev–Trinajstić information content (AvgIpc) is 2.30. The summed E-state index contributed by atoms with van der Waals surface area (Å²) in [5, 5.41) is 24.5. The maximum Gasteiger partial charge on any atom is 0.491 e. The second kappa shape index (κ2) is 2.92. The molecule has 0 radical (unpaired) electrons. The van der Waals surface area contributed by atoms with Gasteiger partial charge in [0.2, 0.25) is 0 Å². The van der Waals surface area contributed by atoms with Gasteiger partial charge in [-0.05, 0) is 0 Å². The zero-order valence-corrected chi connectivity index (χ0v) is 7.50. The third kappa shape index (κ3) is 1.68. The Morgan fingerprint density at radius 1 is 1.42 bits per heavy atom. The maximum absolute atomic E-state index is 8.95. The van der Waals surface area contributed by atoms with Gasteiger partial charge in [-0.15, -0.1) is 0 Å². The summed E-state index contributed by atoms with van der Waals surface area (Å²) in [6.45, 7) is 5.90. The van der Waals surface area contributed by atoms with Crippen molar-refractivity contribution in [1.82, 2.24) is 10.2 Å². The molecule has 4 nitrogen and oxygen atoms in total. The highest BCUT2D eigenvalue weighted by Gasteiger charge is 2.26. The van der Waals surface area contributed by atoms with Gasteiger partial charge in [-0.2, -0.15) is 5.10 Å². The lowest BCUT2D eigenvalue weighted by molar-refractivity contribution is 0.424. The minimum atomic E-state index is -1.45. The van der Waals surface area contributed by atoms with Crippen molar-refractivity contribution in [1.29, 1.82) is 0 Å². The fourth-order valence-corrected chi connectivity index (χ4v) is 1.10. The van der Waals surface area contributed by atoms with Crippen molar-refractivity contribution in [2.45, 2.75) is 26.2 Å². The Bertz CT molecular complexity index is 265. The fourth-order valence-electron chi connectivity index (χ4n) is 1.10. The number of rotatable bonds is 1. The summed E-state index contributed by atoms with van der Waals surface area (Å²) in [6.07, 6.45) is 1.51. The van der Waals surface area contributed by atoms with Gasteiger partial charge >= 0.3 is 7.12 Å². The van der Waals surface area contributed by atoms with Crippen LogP contribution in [0.2, 0.25) is 0 Å². The summed E-state index contributed by atoms with van der Waals surface area (Å²) in [4.78, 5) is 0. The molecule has 0 aliphatic carbocycles. The van der Waals surface area contributed by atoms with Gasteiger partial charge in [0, 0.05) is 17.1 Å². The normalized spacial score (nSPS) is 11.8. The van der Waals surface area contributed by atoms with E-state index in [4.69, 9.17) is 10.0 Å². The summed E-state index contributed by atoms with van der Waals surface area (Å²) >= 11 is 0. The van der Waals surface area contributed by atoms with Gasteiger partial charge in [-0.3, -0.25) is 5.10 Å². The standard InChI is InChI=1S/C7H13BN2O2/c1-7(2,3)6-5(8(11)12)4-9-10-6/h4,11-12H,1-3H3,(H,9,10). The number of hydrogen-bond acceptors (Lipinski definition) is 3. The Hall–Kier alpha value is -0.805. The van der Waals surface area contributed by atoms with Gasteiger partial charge in [0.25, 0.3) is 0 Å². The van der Waals surface area contributed by atoms with Crippen LogP contribution in [-0.2, 0) is 5.41 Å². The van der Waals surface area contributed by atoms with Gasteiger partial charge in [0.1, 0.15) is 0 Å². The van der Waals surface area contributed by atoms with Crippen molar-refractivity contribution in [3.8, 4) is 0 Å². The van der Waals surface area contributed by atoms with E-state index in [1.54, 1.807) is 0 Å². The van der Waals surface area contributed by atoms with Crippen LogP contribution < -0.4 is 5.46 Å². The Morgan fingerprint density at radius 3 is 2.33 bits per heavy atom. The first kappa shape index (κ1) is 9.28. The largest absolute Gasteiger partial charge is 0.491 e. The summed E-state index contributed by atoms with van der Waals surface area (Å²) < 4.78 is 0. The minimum Gasteiger partial charge on any atom is -0.423 e. The molecule has 0 aliphatic heterocycles. The molecule has 0 saturated carbocycles. The van der Waals surface area contributed by atoms with Crippen LogP contribution in [0.4, 0.5) is 0 Å². The summed E-state index contributed by atoms with van der Waals surface area (Å²) in [5.41, 5.74) is 0.971. The van der Waals surface area contributed by atoms with Crippen molar-refractivity contribution in [2.75, 3.05) is 0 Å². The van der Waals surface area contributed by atoms with Crippen LogP contribution in [0.1, 0.15) is 26.5 Å². The summed E-state index contributed by atoms with van der Waals surface area (Å²) in [7, 11) is -1.45. The lowest BCUT2D eigenvalue weighted by atomic mass is 9.74. The molecule has 0 bridgehead atoms. The lowest BCUT2D eigenvalue weighted by Crippen LogP contribution is -2.35. The van der Waals surface area contributed by atoms with Gasteiger partial charge in [0.05, 0.1) is 5.69 Å². The summed E-state index contributed by atoms with van der Waals surface area (Å²) in [6, 6.07) is 0. The van der Waals surface area contributed by atoms with E-state index >= 15 is 0 Å². The highest BCUT2D eigenvalue weighted by molar-refractivity contribution is 6.59. The quantitative estimate of drug-likeness (QED) is 0.489. The van der Waals surface area contributed by atoms with Crippen LogP contribution in [0.3, 0.4) is 0 Å². The number of aromatic nitrogens is 2. The van der Waals surface area contributed by atoms with E-state index in [1.165, 1.54) is 6.20 Å². The van der Waals surface area contributed by atoms with E-state index in [9.17, 15) is 0 Å². The molecule has 0 fully saturated rings. The molecule has 1 heterocycles. The lowest BCUT2D eigenvalue weighted by Gasteiger charge is -2.16. The molecule has 3 N–H and O–H groups in total. The minimum absolute atomic E-state index is 0.168. The van der Waals surface area contributed by atoms with Crippen molar-refractivity contribution in [3.63, 3.8) is 0 Å². The van der Waals surface area contributed by atoms with E-state index < -0.39 is 7.12 Å². The van der Waals surface area contributed by atoms with Crippen LogP contribution in [-0.4, -0.2) is 27.4 Å². The Balaban J connectivity index is 3.08. The first-order chi connectivity index (χ1) is 5.43. The van der Waals surface area contributed by atoms with Crippen LogP contribution in [0, 0.1) is 0 Å². The molecule has 1 aromatic heterocycles. The Morgan fingerprint density at radius 2 is 2.00 bits per heavy atom. The predicted molar refractivity (Wildman–Crippen MR) is 47.1 cm³/mol. The van der Waals surface area contributed by atoms with E-state index in [2.05, 4.69) is 10.2 Å². The third-order valence-corrected chi connectivity index (χ3v) is 1.66. The monoisotopic (exact) mass is 168 g/mol. The number of nitrogens with zero attached hydrogens (tertiary/aromatic N) is 1. The molecule has 0 saturated heterocycles. The van der Waals surface area contributed by atoms with Crippen molar-refractivity contribution < 1.29 is 10.0 Å². The number of aromatic amines is 1. The average molecular weight is 168 g/mol. The van der Waals surface area contributed by atoms with Gasteiger partial charge in [-0.25, -0.2) is 0 Å². The van der Waals surface area contributed by atoms with Crippen molar-refractivity contribution >= 4 is 12.6 Å². The second-order valence-corrected chi connectivity index (χ2v) is 3.81. The topological polar surface area (TPSA) is 69.1 Å². The first-order valence-electron chi connectivity index (χ1n) is 3.83. The van der Waals surface area contributed by atoms with Gasteiger partial charge in [-0.1, -0.05) is 20.8 Å². The number of hydrogen-bond donors (Lipinski definition) is 3. The van der Waals surface area contributed by atoms with E-state index in [1.807, 2.05) is 20.8 Å². The zero-order chi connectivity index (χ0) is 9.35. The molecule has 5 heteroatoms. The molecule has 0 amide bonds. The highest BCUT2D eigenvalue weighted by Crippen LogP contribution is 2.17. The van der Waals surface area contributed by atoms with Gasteiger partial charge < -0.3 is 10.0 Å². The molecule has 0 aromatic carbocycles. The van der Waals surface area contributed by atoms with Gasteiger partial charge in [0.15, 0.2) is 0 Å². The number of nitrogens with one attached hydrogen (secondary N) is 1. The molecule has 12 heavy (non-hydrogen) atoms. The molecule has 0 atom stereocenters. The van der Waals surface area contributed by atoms with E-state index in [-0.39, 0.29) is 5.41 Å². The maximum atomic E-state index is 8.95. The SMILES string of the molecule is CC(C)(C)c1n[nH]cc1B(O)O. The molecule has 0 unspecified atom stereocenters. The zero-order valence-electron chi connectivity index (χ0n) is 7.50. The number of H-pyrrole nitrogens is 1. The molecule has 1 rings (SSSR count). The fraction of sp³-hybridized carbons (Fsp3) is 0.571. The predicted octanol–water partition coefficient (Wildman–Crippen LogP) is -0.613. The smallest absolute Gasteiger partial charge is 0.423 e. The van der Waals surface area contributed by atoms with Crippen LogP contribution >= 0.6 is 0 Å². The molecule has 1 aromatic rings. The molecule has 0 spiro atoms. The summed E-state index contributed by atoms with van der Waals surface area (Å²) in [5.74, 6) is 0. The Kier molecular flexibility index (Phi) is 2.26. The molecule has 66 valence electrons. The van der Waals surface area contributed by atoms with E-state index in [0.29, 0.717) is 11.2 Å². The van der Waals surface area contributed by atoms with Crippen LogP contribution in [0.15, 0.2) is 6.20 Å².